The normalized spacial score (nSPS) is 10.6. The summed E-state index contributed by atoms with van der Waals surface area (Å²) in [6.45, 7) is 1.98. The zero-order valence-corrected chi connectivity index (χ0v) is 13.8. The molecule has 2 aromatic carbocycles. The first kappa shape index (κ1) is 15.1. The lowest BCUT2D eigenvalue weighted by molar-refractivity contribution is 1.07. The fourth-order valence-corrected chi connectivity index (χ4v) is 2.64. The minimum absolute atomic E-state index is 0.663. The Bertz CT molecular complexity index is 996. The molecule has 0 amide bonds. The van der Waals surface area contributed by atoms with Crippen LogP contribution >= 0.6 is 0 Å². The van der Waals surface area contributed by atoms with Crippen LogP contribution in [0.2, 0.25) is 0 Å². The van der Waals surface area contributed by atoms with Crippen LogP contribution in [0, 0.1) is 6.92 Å². The summed E-state index contributed by atoms with van der Waals surface area (Å²) in [6.07, 6.45) is 3.45. The number of hydrogen-bond donors (Lipinski definition) is 0. The molecule has 0 fully saturated rings. The third-order valence-electron chi connectivity index (χ3n) is 3.97. The van der Waals surface area contributed by atoms with Gasteiger partial charge in [-0.25, -0.2) is 15.0 Å². The summed E-state index contributed by atoms with van der Waals surface area (Å²) >= 11 is 0. The Hall–Kier alpha value is -3.40. The zero-order valence-electron chi connectivity index (χ0n) is 13.8. The summed E-state index contributed by atoms with van der Waals surface area (Å²) < 4.78 is 0. The minimum atomic E-state index is 0.663. The van der Waals surface area contributed by atoms with Gasteiger partial charge in [-0.05, 0) is 24.6 Å². The summed E-state index contributed by atoms with van der Waals surface area (Å²) in [6, 6.07) is 22.2. The predicted molar refractivity (Wildman–Crippen MR) is 98.7 cm³/mol. The van der Waals surface area contributed by atoms with Crippen LogP contribution in [0.15, 0.2) is 79.3 Å². The topological polar surface area (TPSA) is 51.6 Å². The molecule has 0 aliphatic carbocycles. The van der Waals surface area contributed by atoms with Gasteiger partial charge in [0, 0.05) is 28.6 Å². The van der Waals surface area contributed by atoms with Gasteiger partial charge < -0.3 is 0 Å². The van der Waals surface area contributed by atoms with Gasteiger partial charge in [0.2, 0.25) is 0 Å². The smallest absolute Gasteiger partial charge is 0.163 e. The summed E-state index contributed by atoms with van der Waals surface area (Å²) in [5.74, 6) is 1.34. The number of pyridine rings is 1. The first-order valence-electron chi connectivity index (χ1n) is 8.07. The van der Waals surface area contributed by atoms with Gasteiger partial charge in [-0.2, -0.15) is 0 Å². The van der Waals surface area contributed by atoms with Crippen molar-refractivity contribution >= 4 is 0 Å². The van der Waals surface area contributed by atoms with Crippen LogP contribution in [-0.2, 0) is 0 Å². The van der Waals surface area contributed by atoms with Crippen LogP contribution in [0.25, 0.3) is 33.9 Å². The second kappa shape index (κ2) is 6.61. The standard InChI is InChI=1S/C21H16N4/c1-15-10-11-19(13-22-15)17-8-5-9-18(12-17)21-24-14-23-20(25-21)16-6-3-2-4-7-16/h2-14H,1H3. The molecule has 0 atom stereocenters. The van der Waals surface area contributed by atoms with E-state index in [1.165, 1.54) is 0 Å². The Kier molecular flexibility index (Phi) is 4.01. The highest BCUT2D eigenvalue weighted by atomic mass is 15.0. The van der Waals surface area contributed by atoms with E-state index in [1.54, 1.807) is 6.33 Å². The number of hydrogen-bond acceptors (Lipinski definition) is 4. The van der Waals surface area contributed by atoms with E-state index in [2.05, 4.69) is 38.1 Å². The van der Waals surface area contributed by atoms with Crippen molar-refractivity contribution in [2.45, 2.75) is 6.92 Å². The summed E-state index contributed by atoms with van der Waals surface area (Å²) in [5.41, 5.74) is 5.10. The molecule has 0 saturated heterocycles. The molecule has 2 heterocycles. The number of benzene rings is 2. The van der Waals surface area contributed by atoms with E-state index in [0.717, 1.165) is 27.9 Å². The van der Waals surface area contributed by atoms with Gasteiger partial charge in [0.1, 0.15) is 6.33 Å². The van der Waals surface area contributed by atoms with Gasteiger partial charge in [0.15, 0.2) is 11.6 Å². The Balaban J connectivity index is 1.73. The quantitative estimate of drug-likeness (QED) is 0.553. The van der Waals surface area contributed by atoms with Gasteiger partial charge in [0.25, 0.3) is 0 Å². The van der Waals surface area contributed by atoms with E-state index in [1.807, 2.05) is 61.7 Å². The van der Waals surface area contributed by atoms with Gasteiger partial charge >= 0.3 is 0 Å². The molecule has 0 radical (unpaired) electrons. The van der Waals surface area contributed by atoms with Crippen LogP contribution in [0.1, 0.15) is 5.69 Å². The highest BCUT2D eigenvalue weighted by molar-refractivity contribution is 5.70. The molecule has 2 aromatic heterocycles. The molecule has 0 unspecified atom stereocenters. The van der Waals surface area contributed by atoms with Crippen molar-refractivity contribution in [1.29, 1.82) is 0 Å². The second-order valence-corrected chi connectivity index (χ2v) is 5.77. The molecule has 0 spiro atoms. The Morgan fingerprint density at radius 2 is 1.32 bits per heavy atom. The van der Waals surface area contributed by atoms with Gasteiger partial charge in [-0.15, -0.1) is 0 Å². The van der Waals surface area contributed by atoms with Crippen molar-refractivity contribution in [2.24, 2.45) is 0 Å². The average molecular weight is 324 g/mol. The highest BCUT2D eigenvalue weighted by Gasteiger charge is 2.07. The predicted octanol–water partition coefficient (Wildman–Crippen LogP) is 4.58. The maximum atomic E-state index is 4.62. The van der Waals surface area contributed by atoms with Gasteiger partial charge in [-0.1, -0.05) is 54.6 Å². The molecular weight excluding hydrogens is 308 g/mol. The molecule has 0 aliphatic rings. The van der Waals surface area contributed by atoms with Crippen molar-refractivity contribution < 1.29 is 0 Å². The SMILES string of the molecule is Cc1ccc(-c2cccc(-c3ncnc(-c4ccccc4)n3)c2)cn1. The van der Waals surface area contributed by atoms with Gasteiger partial charge in [0.05, 0.1) is 0 Å². The maximum Gasteiger partial charge on any atom is 0.163 e. The van der Waals surface area contributed by atoms with Gasteiger partial charge in [-0.3, -0.25) is 4.98 Å². The minimum Gasteiger partial charge on any atom is -0.261 e. The molecule has 0 N–H and O–H groups in total. The lowest BCUT2D eigenvalue weighted by Gasteiger charge is -2.06. The van der Waals surface area contributed by atoms with Crippen LogP contribution in [0.5, 0.6) is 0 Å². The molecule has 4 nitrogen and oxygen atoms in total. The number of aromatic nitrogens is 4. The number of aryl methyl sites for hydroxylation is 1. The molecule has 4 heteroatoms. The lowest BCUT2D eigenvalue weighted by Crippen LogP contribution is -1.95. The first-order chi connectivity index (χ1) is 12.3. The highest BCUT2D eigenvalue weighted by Crippen LogP contribution is 2.25. The van der Waals surface area contributed by atoms with E-state index in [0.29, 0.717) is 11.6 Å². The monoisotopic (exact) mass is 324 g/mol. The summed E-state index contributed by atoms with van der Waals surface area (Å²) in [5, 5.41) is 0. The molecule has 0 aliphatic heterocycles. The van der Waals surface area contributed by atoms with Crippen LogP contribution in [-0.4, -0.2) is 19.9 Å². The maximum absolute atomic E-state index is 4.62. The molecule has 120 valence electrons. The molecule has 4 rings (SSSR count). The Labute approximate surface area is 146 Å². The molecule has 0 bridgehead atoms. The van der Waals surface area contributed by atoms with E-state index in [-0.39, 0.29) is 0 Å². The number of nitrogens with zero attached hydrogens (tertiary/aromatic N) is 4. The van der Waals surface area contributed by atoms with E-state index >= 15 is 0 Å². The third kappa shape index (κ3) is 3.28. The second-order valence-electron chi connectivity index (χ2n) is 5.77. The molecule has 4 aromatic rings. The first-order valence-corrected chi connectivity index (χ1v) is 8.07. The summed E-state index contributed by atoms with van der Waals surface area (Å²) in [4.78, 5) is 17.6. The van der Waals surface area contributed by atoms with Crippen molar-refractivity contribution in [3.63, 3.8) is 0 Å². The number of rotatable bonds is 3. The molecular formula is C21H16N4. The van der Waals surface area contributed by atoms with Crippen LogP contribution in [0.3, 0.4) is 0 Å². The van der Waals surface area contributed by atoms with Crippen molar-refractivity contribution in [1.82, 2.24) is 19.9 Å². The fraction of sp³-hybridized carbons (Fsp3) is 0.0476. The van der Waals surface area contributed by atoms with Crippen molar-refractivity contribution in [3.8, 4) is 33.9 Å². The summed E-state index contributed by atoms with van der Waals surface area (Å²) in [7, 11) is 0. The largest absolute Gasteiger partial charge is 0.261 e. The van der Waals surface area contributed by atoms with Crippen LogP contribution in [0.4, 0.5) is 0 Å². The van der Waals surface area contributed by atoms with E-state index < -0.39 is 0 Å². The molecule has 0 saturated carbocycles. The van der Waals surface area contributed by atoms with Crippen LogP contribution < -0.4 is 0 Å². The van der Waals surface area contributed by atoms with Crippen molar-refractivity contribution in [3.05, 3.63) is 84.9 Å². The average Bonchev–Trinajstić information content (AvgIpc) is 2.69. The zero-order chi connectivity index (χ0) is 17.1. The van der Waals surface area contributed by atoms with Crippen molar-refractivity contribution in [2.75, 3.05) is 0 Å². The Morgan fingerprint density at radius 3 is 2.08 bits per heavy atom. The third-order valence-corrected chi connectivity index (χ3v) is 3.97. The Morgan fingerprint density at radius 1 is 0.600 bits per heavy atom. The molecule has 25 heavy (non-hydrogen) atoms. The lowest BCUT2D eigenvalue weighted by atomic mass is 10.0. The van der Waals surface area contributed by atoms with E-state index in [4.69, 9.17) is 0 Å². The fourth-order valence-electron chi connectivity index (χ4n) is 2.64. The van der Waals surface area contributed by atoms with E-state index in [9.17, 15) is 0 Å².